The van der Waals surface area contributed by atoms with Crippen LogP contribution in [0.5, 0.6) is 5.75 Å². The predicted octanol–water partition coefficient (Wildman–Crippen LogP) is 2.66. The van der Waals surface area contributed by atoms with Gasteiger partial charge in [-0.05, 0) is 25.8 Å². The summed E-state index contributed by atoms with van der Waals surface area (Å²) in [5.74, 6) is -0.631. The Kier molecular flexibility index (Phi) is 6.17. The Morgan fingerprint density at radius 2 is 1.96 bits per heavy atom. The van der Waals surface area contributed by atoms with Crippen LogP contribution in [0.4, 0.5) is 8.78 Å². The third-order valence-electron chi connectivity index (χ3n) is 5.97. The van der Waals surface area contributed by atoms with E-state index in [0.717, 1.165) is 0 Å². The second kappa shape index (κ2) is 8.43. The van der Waals surface area contributed by atoms with E-state index in [2.05, 4.69) is 9.64 Å². The summed E-state index contributed by atoms with van der Waals surface area (Å²) in [5, 5.41) is 0. The van der Waals surface area contributed by atoms with Gasteiger partial charge in [-0.25, -0.2) is 0 Å². The van der Waals surface area contributed by atoms with Crippen LogP contribution in [-0.2, 0) is 20.9 Å². The molecule has 0 saturated carbocycles. The third-order valence-corrected chi connectivity index (χ3v) is 5.97. The van der Waals surface area contributed by atoms with Crippen LogP contribution in [-0.4, -0.2) is 60.6 Å². The van der Waals surface area contributed by atoms with Gasteiger partial charge in [0.15, 0.2) is 0 Å². The standard InChI is InChI=1S/C20H26F2N2O4/c1-3-24-17(25)12-15(18(26)27-2)20(24)8-10-23(11-9-20)13-14-6-4-5-7-16(14)28-19(21)22/h4-7,15,19H,3,8-13H2,1-2H3. The Labute approximate surface area is 163 Å². The summed E-state index contributed by atoms with van der Waals surface area (Å²) in [7, 11) is 1.35. The molecule has 8 heteroatoms. The fraction of sp³-hybridized carbons (Fsp3) is 0.600. The average molecular weight is 396 g/mol. The van der Waals surface area contributed by atoms with E-state index < -0.39 is 18.1 Å². The quantitative estimate of drug-likeness (QED) is 0.692. The van der Waals surface area contributed by atoms with Crippen molar-refractivity contribution in [3.63, 3.8) is 0 Å². The van der Waals surface area contributed by atoms with Crippen LogP contribution in [0, 0.1) is 5.92 Å². The van der Waals surface area contributed by atoms with Crippen molar-refractivity contribution in [1.29, 1.82) is 0 Å². The number of amides is 1. The maximum atomic E-state index is 12.6. The van der Waals surface area contributed by atoms with Gasteiger partial charge in [0.1, 0.15) is 5.75 Å². The lowest BCUT2D eigenvalue weighted by atomic mass is 9.76. The normalized spacial score (nSPS) is 22.1. The number of ether oxygens (including phenoxy) is 2. The number of hydrogen-bond donors (Lipinski definition) is 0. The molecular weight excluding hydrogens is 370 g/mol. The van der Waals surface area contributed by atoms with E-state index >= 15 is 0 Å². The fourth-order valence-electron chi connectivity index (χ4n) is 4.65. The molecule has 1 unspecified atom stereocenters. The van der Waals surface area contributed by atoms with Gasteiger partial charge in [-0.2, -0.15) is 8.78 Å². The molecule has 2 aliphatic heterocycles. The largest absolute Gasteiger partial charge is 0.469 e. The second-order valence-corrected chi connectivity index (χ2v) is 7.28. The highest BCUT2D eigenvalue weighted by atomic mass is 19.3. The van der Waals surface area contributed by atoms with Crippen molar-refractivity contribution in [1.82, 2.24) is 9.80 Å². The number of alkyl halides is 2. The fourth-order valence-corrected chi connectivity index (χ4v) is 4.65. The van der Waals surface area contributed by atoms with Crippen LogP contribution >= 0.6 is 0 Å². The molecule has 0 aromatic heterocycles. The van der Waals surface area contributed by atoms with Crippen molar-refractivity contribution >= 4 is 11.9 Å². The molecule has 0 radical (unpaired) electrons. The topological polar surface area (TPSA) is 59.1 Å². The lowest BCUT2D eigenvalue weighted by Gasteiger charge is -2.46. The number of methoxy groups -OCH3 is 1. The van der Waals surface area contributed by atoms with Crippen molar-refractivity contribution in [2.45, 2.75) is 44.9 Å². The maximum Gasteiger partial charge on any atom is 0.387 e. The molecule has 0 N–H and O–H groups in total. The number of nitrogens with zero attached hydrogens (tertiary/aromatic N) is 2. The Balaban J connectivity index is 1.73. The highest BCUT2D eigenvalue weighted by Gasteiger charge is 2.56. The number of carbonyl (C=O) groups excluding carboxylic acids is 2. The molecule has 2 aliphatic rings. The van der Waals surface area contributed by atoms with Crippen molar-refractivity contribution in [2.75, 3.05) is 26.7 Å². The number of piperidine rings is 1. The summed E-state index contributed by atoms with van der Waals surface area (Å²) >= 11 is 0. The molecule has 2 saturated heterocycles. The van der Waals surface area contributed by atoms with Gasteiger partial charge in [-0.15, -0.1) is 0 Å². The molecule has 1 atom stereocenters. The van der Waals surface area contributed by atoms with Gasteiger partial charge in [0.25, 0.3) is 0 Å². The summed E-state index contributed by atoms with van der Waals surface area (Å²) in [5.41, 5.74) is 0.173. The molecule has 1 spiro atoms. The molecule has 1 amide bonds. The minimum atomic E-state index is -2.87. The predicted molar refractivity (Wildman–Crippen MR) is 97.8 cm³/mol. The summed E-state index contributed by atoms with van der Waals surface area (Å²) < 4.78 is 34.8. The van der Waals surface area contributed by atoms with E-state index in [-0.39, 0.29) is 24.0 Å². The number of rotatable bonds is 6. The zero-order chi connectivity index (χ0) is 20.3. The van der Waals surface area contributed by atoms with Gasteiger partial charge in [-0.3, -0.25) is 14.5 Å². The van der Waals surface area contributed by atoms with Crippen molar-refractivity contribution < 1.29 is 27.8 Å². The summed E-state index contributed by atoms with van der Waals surface area (Å²) in [4.78, 5) is 28.7. The molecule has 6 nitrogen and oxygen atoms in total. The van der Waals surface area contributed by atoms with Crippen LogP contribution in [0.25, 0.3) is 0 Å². The van der Waals surface area contributed by atoms with Crippen LogP contribution < -0.4 is 4.74 Å². The van der Waals surface area contributed by atoms with E-state index in [1.54, 1.807) is 18.2 Å². The monoisotopic (exact) mass is 396 g/mol. The zero-order valence-corrected chi connectivity index (χ0v) is 16.2. The molecular formula is C20H26F2N2O4. The van der Waals surface area contributed by atoms with Crippen LogP contribution in [0.1, 0.15) is 31.7 Å². The first-order chi connectivity index (χ1) is 13.4. The third kappa shape index (κ3) is 3.83. The smallest absolute Gasteiger partial charge is 0.387 e. The van der Waals surface area contributed by atoms with Gasteiger partial charge < -0.3 is 14.4 Å². The number of para-hydroxylation sites is 1. The van der Waals surface area contributed by atoms with Crippen molar-refractivity contribution in [2.24, 2.45) is 5.92 Å². The van der Waals surface area contributed by atoms with E-state index in [1.807, 2.05) is 11.8 Å². The number of halogens is 2. The van der Waals surface area contributed by atoms with Crippen LogP contribution in [0.3, 0.4) is 0 Å². The minimum absolute atomic E-state index is 0.0120. The molecule has 1 aromatic rings. The Morgan fingerprint density at radius 3 is 2.57 bits per heavy atom. The molecule has 2 fully saturated rings. The highest BCUT2D eigenvalue weighted by Crippen LogP contribution is 2.44. The van der Waals surface area contributed by atoms with E-state index in [9.17, 15) is 18.4 Å². The number of likely N-dealkylation sites (tertiary alicyclic amines) is 2. The first-order valence-corrected chi connectivity index (χ1v) is 9.54. The van der Waals surface area contributed by atoms with E-state index in [0.29, 0.717) is 44.6 Å². The Bertz CT molecular complexity index is 718. The van der Waals surface area contributed by atoms with E-state index in [4.69, 9.17) is 4.74 Å². The molecule has 2 heterocycles. The van der Waals surface area contributed by atoms with E-state index in [1.165, 1.54) is 13.2 Å². The van der Waals surface area contributed by atoms with Crippen LogP contribution in [0.2, 0.25) is 0 Å². The summed E-state index contributed by atoms with van der Waals surface area (Å²) in [6.07, 6.45) is 1.47. The van der Waals surface area contributed by atoms with Crippen LogP contribution in [0.15, 0.2) is 24.3 Å². The highest BCUT2D eigenvalue weighted by molar-refractivity contribution is 5.89. The number of carbonyl (C=O) groups is 2. The molecule has 0 bridgehead atoms. The first kappa shape index (κ1) is 20.5. The Hall–Kier alpha value is -2.22. The second-order valence-electron chi connectivity index (χ2n) is 7.28. The zero-order valence-electron chi connectivity index (χ0n) is 16.2. The van der Waals surface area contributed by atoms with Gasteiger partial charge in [0.05, 0.1) is 18.6 Å². The number of hydrogen-bond acceptors (Lipinski definition) is 5. The average Bonchev–Trinajstić information content (AvgIpc) is 2.95. The molecule has 0 aliphatic carbocycles. The number of benzene rings is 1. The molecule has 3 rings (SSSR count). The molecule has 28 heavy (non-hydrogen) atoms. The maximum absolute atomic E-state index is 12.6. The SMILES string of the molecule is CCN1C(=O)CC(C(=O)OC)C12CCN(Cc1ccccc1OC(F)F)CC2. The summed E-state index contributed by atoms with van der Waals surface area (Å²) in [6.45, 7) is 1.39. The summed E-state index contributed by atoms with van der Waals surface area (Å²) in [6, 6.07) is 6.77. The molecule has 1 aromatic carbocycles. The van der Waals surface area contributed by atoms with Gasteiger partial charge >= 0.3 is 12.6 Å². The lowest BCUT2D eigenvalue weighted by molar-refractivity contribution is -0.150. The van der Waals surface area contributed by atoms with Gasteiger partial charge in [0, 0.05) is 38.2 Å². The van der Waals surface area contributed by atoms with Gasteiger partial charge in [0.2, 0.25) is 5.91 Å². The Morgan fingerprint density at radius 1 is 1.29 bits per heavy atom. The lowest BCUT2D eigenvalue weighted by Crippen LogP contribution is -2.57. The first-order valence-electron chi connectivity index (χ1n) is 9.54. The van der Waals surface area contributed by atoms with Gasteiger partial charge in [-0.1, -0.05) is 18.2 Å². The minimum Gasteiger partial charge on any atom is -0.469 e. The number of esters is 1. The van der Waals surface area contributed by atoms with Crippen molar-refractivity contribution in [3.8, 4) is 5.75 Å². The molecule has 154 valence electrons. The van der Waals surface area contributed by atoms with Crippen molar-refractivity contribution in [3.05, 3.63) is 29.8 Å².